The minimum atomic E-state index is 0.339. The zero-order valence-corrected chi connectivity index (χ0v) is 15.0. The fourth-order valence-corrected chi connectivity index (χ4v) is 3.06. The molecule has 6 nitrogen and oxygen atoms in total. The van der Waals surface area contributed by atoms with Gasteiger partial charge in [-0.1, -0.05) is 35.9 Å². The van der Waals surface area contributed by atoms with Crippen molar-refractivity contribution in [3.05, 3.63) is 71.4 Å². The van der Waals surface area contributed by atoms with Gasteiger partial charge in [-0.2, -0.15) is 10.3 Å². The molecule has 0 fully saturated rings. The van der Waals surface area contributed by atoms with Gasteiger partial charge in [0.2, 0.25) is 0 Å². The predicted molar refractivity (Wildman–Crippen MR) is 101 cm³/mol. The average Bonchev–Trinajstić information content (AvgIpc) is 3.30. The lowest BCUT2D eigenvalue weighted by atomic mass is 10.1. The number of nitrogens with one attached hydrogen (secondary N) is 1. The first-order chi connectivity index (χ1) is 12.7. The number of imidazole rings is 1. The zero-order chi connectivity index (χ0) is 17.9. The summed E-state index contributed by atoms with van der Waals surface area (Å²) in [5, 5.41) is 10.8. The lowest BCUT2D eigenvalue weighted by Crippen LogP contribution is -1.99. The summed E-state index contributed by atoms with van der Waals surface area (Å²) < 4.78 is 2.08. The molecule has 1 aromatic carbocycles. The van der Waals surface area contributed by atoms with Crippen LogP contribution in [0.15, 0.2) is 55.1 Å². The molecule has 0 saturated heterocycles. The van der Waals surface area contributed by atoms with Gasteiger partial charge in [-0.05, 0) is 36.6 Å². The van der Waals surface area contributed by atoms with Crippen LogP contribution in [0.1, 0.15) is 11.1 Å². The van der Waals surface area contributed by atoms with Crippen molar-refractivity contribution in [2.75, 3.05) is 0 Å². The minimum absolute atomic E-state index is 0.339. The molecule has 4 aromatic rings. The first kappa shape index (κ1) is 16.5. The van der Waals surface area contributed by atoms with Gasteiger partial charge in [0.15, 0.2) is 5.15 Å². The fraction of sp³-hybridized carbons (Fsp3) is 0.158. The van der Waals surface area contributed by atoms with E-state index in [1.54, 1.807) is 6.20 Å². The monoisotopic (exact) mass is 364 g/mol. The molecule has 3 aromatic heterocycles. The Morgan fingerprint density at radius 1 is 1.08 bits per heavy atom. The molecular formula is C19H17ClN6. The standard InChI is InChI=1S/C19H17ClN6/c1-13-4-2-3-5-14(13)7-9-26-11-17(22-12-26)16-10-15(6-8-21-16)18-19(20)24-25-23-18/h2-6,8,10-12H,7,9H2,1H3,(H,23,24,25). The summed E-state index contributed by atoms with van der Waals surface area (Å²) in [7, 11) is 0. The number of H-pyrrole nitrogens is 1. The second-order valence-electron chi connectivity index (χ2n) is 6.07. The molecule has 26 heavy (non-hydrogen) atoms. The van der Waals surface area contributed by atoms with Crippen molar-refractivity contribution in [1.29, 1.82) is 0 Å². The topological polar surface area (TPSA) is 72.3 Å². The van der Waals surface area contributed by atoms with E-state index in [9.17, 15) is 0 Å². The third-order valence-corrected chi connectivity index (χ3v) is 4.60. The molecule has 130 valence electrons. The lowest BCUT2D eigenvalue weighted by molar-refractivity contribution is 0.694. The number of nitrogens with zero attached hydrogens (tertiary/aromatic N) is 5. The summed E-state index contributed by atoms with van der Waals surface area (Å²) in [5.74, 6) is 0. The number of rotatable bonds is 5. The lowest BCUT2D eigenvalue weighted by Gasteiger charge is -2.05. The van der Waals surface area contributed by atoms with Crippen molar-refractivity contribution in [1.82, 2.24) is 29.9 Å². The molecule has 0 bridgehead atoms. The first-order valence-corrected chi connectivity index (χ1v) is 8.68. The number of hydrogen-bond donors (Lipinski definition) is 1. The number of halogens is 1. The Kier molecular flexibility index (Phi) is 4.50. The Morgan fingerprint density at radius 2 is 1.96 bits per heavy atom. The molecule has 0 spiro atoms. The number of aromatic amines is 1. The van der Waals surface area contributed by atoms with Crippen LogP contribution in [0.25, 0.3) is 22.6 Å². The van der Waals surface area contributed by atoms with Gasteiger partial charge in [0.05, 0.1) is 12.0 Å². The highest BCUT2D eigenvalue weighted by Crippen LogP contribution is 2.26. The van der Waals surface area contributed by atoms with Crippen LogP contribution in [0.4, 0.5) is 0 Å². The van der Waals surface area contributed by atoms with Crippen molar-refractivity contribution in [3.8, 4) is 22.6 Å². The van der Waals surface area contributed by atoms with E-state index in [1.165, 1.54) is 11.1 Å². The maximum Gasteiger partial charge on any atom is 0.179 e. The molecule has 0 saturated carbocycles. The van der Waals surface area contributed by atoms with E-state index in [0.717, 1.165) is 29.9 Å². The molecule has 0 unspecified atom stereocenters. The van der Waals surface area contributed by atoms with Crippen LogP contribution in [-0.2, 0) is 13.0 Å². The highest BCUT2D eigenvalue weighted by atomic mass is 35.5. The maximum atomic E-state index is 6.04. The Hall–Kier alpha value is -2.99. The smallest absolute Gasteiger partial charge is 0.179 e. The molecule has 0 radical (unpaired) electrons. The molecular weight excluding hydrogens is 348 g/mol. The van der Waals surface area contributed by atoms with Gasteiger partial charge < -0.3 is 4.57 Å². The molecule has 3 heterocycles. The Labute approximate surface area is 155 Å². The van der Waals surface area contributed by atoms with E-state index in [4.69, 9.17) is 11.6 Å². The quantitative estimate of drug-likeness (QED) is 0.582. The van der Waals surface area contributed by atoms with E-state index >= 15 is 0 Å². The average molecular weight is 365 g/mol. The molecule has 0 amide bonds. The SMILES string of the molecule is Cc1ccccc1CCn1cnc(-c2cc(-c3n[nH]nc3Cl)ccn2)c1. The zero-order valence-electron chi connectivity index (χ0n) is 14.2. The summed E-state index contributed by atoms with van der Waals surface area (Å²) in [4.78, 5) is 8.91. The van der Waals surface area contributed by atoms with Gasteiger partial charge in [-0.15, -0.1) is 5.10 Å². The van der Waals surface area contributed by atoms with Crippen LogP contribution in [0.3, 0.4) is 0 Å². The van der Waals surface area contributed by atoms with E-state index in [0.29, 0.717) is 10.8 Å². The van der Waals surface area contributed by atoms with Crippen LogP contribution in [0.2, 0.25) is 5.15 Å². The van der Waals surface area contributed by atoms with Gasteiger partial charge >= 0.3 is 0 Å². The van der Waals surface area contributed by atoms with Gasteiger partial charge in [0.25, 0.3) is 0 Å². The van der Waals surface area contributed by atoms with Crippen molar-refractivity contribution < 1.29 is 0 Å². The Morgan fingerprint density at radius 3 is 2.77 bits per heavy atom. The second-order valence-corrected chi connectivity index (χ2v) is 6.42. The third-order valence-electron chi connectivity index (χ3n) is 4.34. The maximum absolute atomic E-state index is 6.04. The van der Waals surface area contributed by atoms with Crippen LogP contribution in [0.5, 0.6) is 0 Å². The molecule has 0 aliphatic carbocycles. The fourth-order valence-electron chi connectivity index (χ4n) is 2.87. The second kappa shape index (κ2) is 7.09. The van der Waals surface area contributed by atoms with Crippen LogP contribution >= 0.6 is 11.6 Å². The normalized spacial score (nSPS) is 11.0. The van der Waals surface area contributed by atoms with E-state index in [2.05, 4.69) is 61.1 Å². The van der Waals surface area contributed by atoms with Crippen molar-refractivity contribution >= 4 is 11.6 Å². The minimum Gasteiger partial charge on any atom is -0.336 e. The summed E-state index contributed by atoms with van der Waals surface area (Å²) in [5.41, 5.74) is 5.71. The Balaban J connectivity index is 1.53. The van der Waals surface area contributed by atoms with Gasteiger partial charge in [0, 0.05) is 24.5 Å². The third kappa shape index (κ3) is 3.36. The van der Waals surface area contributed by atoms with Crippen molar-refractivity contribution in [2.24, 2.45) is 0 Å². The molecule has 4 rings (SSSR count). The largest absolute Gasteiger partial charge is 0.336 e. The van der Waals surface area contributed by atoms with Crippen molar-refractivity contribution in [3.63, 3.8) is 0 Å². The van der Waals surface area contributed by atoms with Crippen LogP contribution < -0.4 is 0 Å². The summed E-state index contributed by atoms with van der Waals surface area (Å²) in [6.45, 7) is 3.01. The molecule has 0 aliphatic heterocycles. The number of aryl methyl sites for hydroxylation is 3. The van der Waals surface area contributed by atoms with Crippen molar-refractivity contribution in [2.45, 2.75) is 19.9 Å². The highest BCUT2D eigenvalue weighted by Gasteiger charge is 2.11. The van der Waals surface area contributed by atoms with Crippen LogP contribution in [-0.4, -0.2) is 29.9 Å². The summed E-state index contributed by atoms with van der Waals surface area (Å²) in [6, 6.07) is 12.2. The molecule has 0 aliphatic rings. The number of aromatic nitrogens is 6. The van der Waals surface area contributed by atoms with E-state index in [-0.39, 0.29) is 0 Å². The molecule has 7 heteroatoms. The first-order valence-electron chi connectivity index (χ1n) is 8.30. The summed E-state index contributed by atoms with van der Waals surface area (Å²) in [6.07, 6.45) is 6.53. The van der Waals surface area contributed by atoms with E-state index < -0.39 is 0 Å². The summed E-state index contributed by atoms with van der Waals surface area (Å²) >= 11 is 6.04. The molecule has 0 atom stereocenters. The number of benzene rings is 1. The van der Waals surface area contributed by atoms with Gasteiger partial charge in [-0.25, -0.2) is 4.98 Å². The molecule has 1 N–H and O–H groups in total. The van der Waals surface area contributed by atoms with Crippen LogP contribution in [0, 0.1) is 6.92 Å². The Bertz CT molecular complexity index is 1040. The van der Waals surface area contributed by atoms with Gasteiger partial charge in [-0.3, -0.25) is 4.98 Å². The number of hydrogen-bond acceptors (Lipinski definition) is 4. The van der Waals surface area contributed by atoms with Gasteiger partial charge in [0.1, 0.15) is 11.4 Å². The van der Waals surface area contributed by atoms with E-state index in [1.807, 2.05) is 24.7 Å². The highest BCUT2D eigenvalue weighted by molar-refractivity contribution is 6.31. The number of pyridine rings is 1. The predicted octanol–water partition coefficient (Wildman–Crippen LogP) is 3.93.